The molecule has 102 valence electrons. The maximum absolute atomic E-state index is 10.7. The smallest absolute Gasteiger partial charge is 0.142 e. The Labute approximate surface area is 117 Å². The summed E-state index contributed by atoms with van der Waals surface area (Å²) in [6.45, 7) is 2.96. The lowest BCUT2D eigenvalue weighted by molar-refractivity contribution is 0.205. The summed E-state index contributed by atoms with van der Waals surface area (Å²) in [5.74, 6) is 0.671. The van der Waals surface area contributed by atoms with Crippen molar-refractivity contribution in [1.82, 2.24) is 14.5 Å². The van der Waals surface area contributed by atoms with Crippen molar-refractivity contribution >= 4 is 10.8 Å². The van der Waals surface area contributed by atoms with Gasteiger partial charge in [-0.15, -0.1) is 0 Å². The molecule has 0 fully saturated rings. The van der Waals surface area contributed by atoms with Gasteiger partial charge in [-0.1, -0.05) is 31.2 Å². The number of fused-ring (bicyclic) bond motifs is 1. The van der Waals surface area contributed by atoms with E-state index in [1.165, 1.54) is 0 Å². The van der Waals surface area contributed by atoms with Crippen LogP contribution < -0.4 is 0 Å². The molecule has 0 radical (unpaired) electrons. The molecule has 1 N–H and O–H groups in total. The number of hydrogen-bond acceptors (Lipinski definition) is 3. The monoisotopic (exact) mass is 267 g/mol. The van der Waals surface area contributed by atoms with Gasteiger partial charge in [0, 0.05) is 42.3 Å². The SMILES string of the molecule is CCCn1ccnc1C(O)c1cncc2ccccc12. The third-order valence-corrected chi connectivity index (χ3v) is 3.45. The number of benzene rings is 1. The first-order valence-corrected chi connectivity index (χ1v) is 6.83. The number of nitrogens with zero attached hydrogens (tertiary/aromatic N) is 3. The van der Waals surface area contributed by atoms with Gasteiger partial charge in [0.1, 0.15) is 11.9 Å². The maximum atomic E-state index is 10.7. The molecule has 0 aliphatic carbocycles. The summed E-state index contributed by atoms with van der Waals surface area (Å²) in [4.78, 5) is 8.53. The van der Waals surface area contributed by atoms with Crippen LogP contribution in [0.5, 0.6) is 0 Å². The molecule has 1 aromatic carbocycles. The van der Waals surface area contributed by atoms with E-state index in [0.717, 1.165) is 29.3 Å². The number of rotatable bonds is 4. The lowest BCUT2D eigenvalue weighted by atomic mass is 10.0. The van der Waals surface area contributed by atoms with Gasteiger partial charge in [0.2, 0.25) is 0 Å². The molecule has 1 unspecified atom stereocenters. The lowest BCUT2D eigenvalue weighted by Gasteiger charge is -2.14. The highest BCUT2D eigenvalue weighted by atomic mass is 16.3. The molecule has 0 saturated carbocycles. The summed E-state index contributed by atoms with van der Waals surface area (Å²) >= 11 is 0. The molecular weight excluding hydrogens is 250 g/mol. The van der Waals surface area contributed by atoms with Crippen molar-refractivity contribution < 1.29 is 5.11 Å². The van der Waals surface area contributed by atoms with E-state index in [1.54, 1.807) is 12.4 Å². The fraction of sp³-hybridized carbons (Fsp3) is 0.250. The molecule has 0 spiro atoms. The summed E-state index contributed by atoms with van der Waals surface area (Å²) < 4.78 is 1.99. The number of imidazole rings is 1. The molecule has 0 aliphatic heterocycles. The molecule has 3 rings (SSSR count). The van der Waals surface area contributed by atoms with Crippen LogP contribution in [0.3, 0.4) is 0 Å². The molecule has 1 atom stereocenters. The van der Waals surface area contributed by atoms with Gasteiger partial charge in [0.15, 0.2) is 0 Å². The van der Waals surface area contributed by atoms with Crippen molar-refractivity contribution in [3.8, 4) is 0 Å². The van der Waals surface area contributed by atoms with Crippen LogP contribution in [0, 0.1) is 0 Å². The molecule has 0 amide bonds. The van der Waals surface area contributed by atoms with Crippen molar-refractivity contribution in [1.29, 1.82) is 0 Å². The number of aliphatic hydroxyl groups is 1. The van der Waals surface area contributed by atoms with Gasteiger partial charge >= 0.3 is 0 Å². The van der Waals surface area contributed by atoms with Crippen molar-refractivity contribution in [2.45, 2.75) is 26.0 Å². The minimum Gasteiger partial charge on any atom is -0.380 e. The van der Waals surface area contributed by atoms with E-state index in [9.17, 15) is 5.11 Å². The number of aromatic nitrogens is 3. The molecule has 2 heterocycles. The second-order valence-electron chi connectivity index (χ2n) is 4.83. The van der Waals surface area contributed by atoms with E-state index in [1.807, 2.05) is 41.2 Å². The van der Waals surface area contributed by atoms with E-state index in [0.29, 0.717) is 5.82 Å². The average Bonchev–Trinajstić information content (AvgIpc) is 2.94. The molecule has 4 nitrogen and oxygen atoms in total. The highest BCUT2D eigenvalue weighted by molar-refractivity contribution is 5.85. The minimum absolute atomic E-state index is 0.671. The van der Waals surface area contributed by atoms with E-state index < -0.39 is 6.10 Å². The normalized spacial score (nSPS) is 12.7. The third-order valence-electron chi connectivity index (χ3n) is 3.45. The van der Waals surface area contributed by atoms with Gasteiger partial charge in [0.05, 0.1) is 0 Å². The summed E-state index contributed by atoms with van der Waals surface area (Å²) in [7, 11) is 0. The molecule has 0 aliphatic rings. The van der Waals surface area contributed by atoms with E-state index in [-0.39, 0.29) is 0 Å². The number of pyridine rings is 1. The fourth-order valence-electron chi connectivity index (χ4n) is 2.50. The maximum Gasteiger partial charge on any atom is 0.142 e. The Morgan fingerprint density at radius 3 is 2.95 bits per heavy atom. The summed E-state index contributed by atoms with van der Waals surface area (Å²) in [6, 6.07) is 7.94. The summed E-state index contributed by atoms with van der Waals surface area (Å²) in [6.07, 6.45) is 7.41. The Kier molecular flexibility index (Phi) is 3.48. The topological polar surface area (TPSA) is 50.9 Å². The minimum atomic E-state index is -0.754. The Balaban J connectivity index is 2.08. The van der Waals surface area contributed by atoms with Crippen LogP contribution in [0.4, 0.5) is 0 Å². The second-order valence-corrected chi connectivity index (χ2v) is 4.83. The first kappa shape index (κ1) is 12.8. The zero-order chi connectivity index (χ0) is 13.9. The van der Waals surface area contributed by atoms with Crippen molar-refractivity contribution in [3.63, 3.8) is 0 Å². The largest absolute Gasteiger partial charge is 0.380 e. The second kappa shape index (κ2) is 5.43. The van der Waals surface area contributed by atoms with Crippen LogP contribution in [0.25, 0.3) is 10.8 Å². The molecule has 3 aromatic rings. The van der Waals surface area contributed by atoms with Crippen LogP contribution in [0.2, 0.25) is 0 Å². The lowest BCUT2D eigenvalue weighted by Crippen LogP contribution is -2.10. The number of aliphatic hydroxyl groups excluding tert-OH is 1. The fourth-order valence-corrected chi connectivity index (χ4v) is 2.50. The quantitative estimate of drug-likeness (QED) is 0.790. The average molecular weight is 267 g/mol. The van der Waals surface area contributed by atoms with Crippen molar-refractivity contribution in [3.05, 3.63) is 60.4 Å². The van der Waals surface area contributed by atoms with Crippen molar-refractivity contribution in [2.24, 2.45) is 0 Å². The van der Waals surface area contributed by atoms with Gasteiger partial charge in [-0.05, 0) is 11.8 Å². The first-order valence-electron chi connectivity index (χ1n) is 6.83. The van der Waals surface area contributed by atoms with Gasteiger partial charge in [-0.3, -0.25) is 4.98 Å². The Morgan fingerprint density at radius 2 is 2.10 bits per heavy atom. The van der Waals surface area contributed by atoms with Crippen LogP contribution in [0.15, 0.2) is 49.1 Å². The summed E-state index contributed by atoms with van der Waals surface area (Å²) in [5, 5.41) is 12.7. The van der Waals surface area contributed by atoms with Crippen LogP contribution >= 0.6 is 0 Å². The number of hydrogen-bond donors (Lipinski definition) is 1. The van der Waals surface area contributed by atoms with Gasteiger partial charge in [-0.25, -0.2) is 4.98 Å². The van der Waals surface area contributed by atoms with Gasteiger partial charge in [0.25, 0.3) is 0 Å². The van der Waals surface area contributed by atoms with Gasteiger partial charge < -0.3 is 9.67 Å². The highest BCUT2D eigenvalue weighted by Gasteiger charge is 2.18. The molecule has 2 aromatic heterocycles. The van der Waals surface area contributed by atoms with Crippen LogP contribution in [-0.2, 0) is 6.54 Å². The van der Waals surface area contributed by atoms with Crippen molar-refractivity contribution in [2.75, 3.05) is 0 Å². The van der Waals surface area contributed by atoms with E-state index in [4.69, 9.17) is 0 Å². The molecule has 0 saturated heterocycles. The zero-order valence-corrected chi connectivity index (χ0v) is 11.4. The predicted molar refractivity (Wildman–Crippen MR) is 78.3 cm³/mol. The summed E-state index contributed by atoms with van der Waals surface area (Å²) in [5.41, 5.74) is 0.798. The Morgan fingerprint density at radius 1 is 1.25 bits per heavy atom. The Hall–Kier alpha value is -2.20. The standard InChI is InChI=1S/C16H17N3O/c1-2-8-19-9-7-18-16(19)15(20)14-11-17-10-12-5-3-4-6-13(12)14/h3-7,9-11,15,20H,2,8H2,1H3. The molecule has 20 heavy (non-hydrogen) atoms. The predicted octanol–water partition coefficient (Wildman–Crippen LogP) is 2.92. The van der Waals surface area contributed by atoms with E-state index >= 15 is 0 Å². The van der Waals surface area contributed by atoms with Gasteiger partial charge in [-0.2, -0.15) is 0 Å². The van der Waals surface area contributed by atoms with Crippen LogP contribution in [0.1, 0.15) is 30.8 Å². The number of aryl methyl sites for hydroxylation is 1. The molecule has 4 heteroatoms. The highest BCUT2D eigenvalue weighted by Crippen LogP contribution is 2.27. The van der Waals surface area contributed by atoms with Crippen LogP contribution in [-0.4, -0.2) is 19.6 Å². The molecule has 0 bridgehead atoms. The van der Waals surface area contributed by atoms with E-state index in [2.05, 4.69) is 16.9 Å². The zero-order valence-electron chi connectivity index (χ0n) is 11.4. The Bertz CT molecular complexity index is 715. The molecular formula is C16H17N3O. The third kappa shape index (κ3) is 2.18. The first-order chi connectivity index (χ1) is 9.81.